The largest absolute Gasteiger partial charge is 0.352 e. The third kappa shape index (κ3) is 4.90. The molecule has 0 saturated carbocycles. The Morgan fingerprint density at radius 3 is 2.39 bits per heavy atom. The molecular formula is C25H22F2N4O2. The number of imidazole rings is 1. The van der Waals surface area contributed by atoms with Gasteiger partial charge in [0.1, 0.15) is 5.82 Å². The van der Waals surface area contributed by atoms with E-state index in [2.05, 4.69) is 15.6 Å². The summed E-state index contributed by atoms with van der Waals surface area (Å²) < 4.78 is 28.2. The number of fused-ring (bicyclic) bond motifs is 1. The number of amides is 2. The van der Waals surface area contributed by atoms with Gasteiger partial charge in [-0.1, -0.05) is 30.3 Å². The average Bonchev–Trinajstić information content (AvgIpc) is 3.19. The van der Waals surface area contributed by atoms with E-state index in [4.69, 9.17) is 0 Å². The van der Waals surface area contributed by atoms with Gasteiger partial charge in [0.2, 0.25) is 5.91 Å². The highest BCUT2D eigenvalue weighted by Crippen LogP contribution is 2.30. The molecule has 0 saturated heterocycles. The van der Waals surface area contributed by atoms with E-state index in [0.717, 1.165) is 10.1 Å². The van der Waals surface area contributed by atoms with Crippen LogP contribution in [0.5, 0.6) is 0 Å². The molecule has 1 aromatic heterocycles. The van der Waals surface area contributed by atoms with Crippen molar-refractivity contribution in [3.8, 4) is 11.4 Å². The van der Waals surface area contributed by atoms with Gasteiger partial charge < -0.3 is 10.6 Å². The number of alkyl halides is 2. The van der Waals surface area contributed by atoms with Crippen LogP contribution in [-0.2, 0) is 4.79 Å². The van der Waals surface area contributed by atoms with Gasteiger partial charge >= 0.3 is 6.55 Å². The number of nitrogens with one attached hydrogen (secondary N) is 2. The molecule has 2 amide bonds. The van der Waals surface area contributed by atoms with E-state index in [1.165, 1.54) is 0 Å². The second-order valence-corrected chi connectivity index (χ2v) is 7.52. The highest BCUT2D eigenvalue weighted by Gasteiger charge is 2.18. The molecule has 0 aliphatic carbocycles. The molecular weight excluding hydrogens is 426 g/mol. The summed E-state index contributed by atoms with van der Waals surface area (Å²) in [6.45, 7) is -0.696. The summed E-state index contributed by atoms with van der Waals surface area (Å²) in [6, 6.07) is 20.5. The summed E-state index contributed by atoms with van der Waals surface area (Å²) in [4.78, 5) is 28.8. The number of carbonyl (C=O) groups is 2. The third-order valence-electron chi connectivity index (χ3n) is 5.25. The van der Waals surface area contributed by atoms with E-state index in [0.29, 0.717) is 27.8 Å². The minimum absolute atomic E-state index is 0.0978. The molecule has 0 radical (unpaired) electrons. The van der Waals surface area contributed by atoms with E-state index in [-0.39, 0.29) is 30.6 Å². The first-order valence-electron chi connectivity index (χ1n) is 10.4. The van der Waals surface area contributed by atoms with Gasteiger partial charge in [0.15, 0.2) is 0 Å². The van der Waals surface area contributed by atoms with Crippen LogP contribution < -0.4 is 10.6 Å². The first kappa shape index (κ1) is 22.1. The fraction of sp³-hybridized carbons (Fsp3) is 0.160. The van der Waals surface area contributed by atoms with Crippen LogP contribution in [0.3, 0.4) is 0 Å². The first-order chi connectivity index (χ1) is 15.9. The zero-order valence-electron chi connectivity index (χ0n) is 17.9. The zero-order chi connectivity index (χ0) is 23.4. The maximum absolute atomic E-state index is 13.7. The number of para-hydroxylation sites is 2. The van der Waals surface area contributed by atoms with Crippen LogP contribution in [-0.4, -0.2) is 27.9 Å². The van der Waals surface area contributed by atoms with Gasteiger partial charge in [-0.05, 0) is 55.0 Å². The summed E-state index contributed by atoms with van der Waals surface area (Å²) in [5, 5.41) is 5.48. The topological polar surface area (TPSA) is 76.0 Å². The van der Waals surface area contributed by atoms with Crippen molar-refractivity contribution < 1.29 is 18.4 Å². The first-order valence-corrected chi connectivity index (χ1v) is 10.4. The van der Waals surface area contributed by atoms with Crippen LogP contribution in [0, 0.1) is 6.92 Å². The molecule has 0 atom stereocenters. The van der Waals surface area contributed by atoms with Crippen LogP contribution in [0.15, 0.2) is 72.8 Å². The van der Waals surface area contributed by atoms with E-state index in [1.807, 2.05) is 19.1 Å². The zero-order valence-corrected chi connectivity index (χ0v) is 17.9. The molecule has 4 aromatic rings. The lowest BCUT2D eigenvalue weighted by atomic mass is 10.1. The fourth-order valence-corrected chi connectivity index (χ4v) is 3.58. The lowest BCUT2D eigenvalue weighted by Gasteiger charge is -2.10. The normalized spacial score (nSPS) is 11.0. The standard InChI is InChI=1S/C25H22F2N4O2/c1-16-6-2-3-7-19(16)24(33)28-15-14-22(32)29-18-12-10-17(11-13-18)23-30-20-8-4-5-9-21(20)31(23)25(26)27/h2-13,25H,14-15H2,1H3,(H,28,33)(H,29,32). The van der Waals surface area contributed by atoms with Gasteiger partial charge in [-0.3, -0.25) is 14.2 Å². The van der Waals surface area contributed by atoms with Crippen LogP contribution in [0.1, 0.15) is 28.9 Å². The molecule has 0 fully saturated rings. The number of hydrogen-bond donors (Lipinski definition) is 2. The number of halogens is 2. The number of benzene rings is 3. The van der Waals surface area contributed by atoms with Crippen molar-refractivity contribution in [2.75, 3.05) is 11.9 Å². The number of hydrogen-bond acceptors (Lipinski definition) is 3. The van der Waals surface area contributed by atoms with Crippen molar-refractivity contribution >= 4 is 28.5 Å². The highest BCUT2D eigenvalue weighted by atomic mass is 19.3. The number of rotatable bonds is 7. The summed E-state index contributed by atoms with van der Waals surface area (Å²) >= 11 is 0. The number of aryl methyl sites for hydroxylation is 1. The minimum atomic E-state index is -2.73. The second-order valence-electron chi connectivity index (χ2n) is 7.52. The molecule has 0 spiro atoms. The number of aromatic nitrogens is 2. The number of anilines is 1. The maximum atomic E-state index is 13.7. The summed E-state index contributed by atoms with van der Waals surface area (Å²) in [5.41, 5.74) is 3.30. The molecule has 0 aliphatic rings. The number of nitrogens with zero attached hydrogens (tertiary/aromatic N) is 2. The molecule has 168 valence electrons. The Morgan fingerprint density at radius 2 is 1.67 bits per heavy atom. The Balaban J connectivity index is 1.38. The molecule has 8 heteroatoms. The molecule has 33 heavy (non-hydrogen) atoms. The predicted octanol–water partition coefficient (Wildman–Crippen LogP) is 5.17. The van der Waals surface area contributed by atoms with E-state index in [1.54, 1.807) is 60.7 Å². The second kappa shape index (κ2) is 9.60. The Kier molecular flexibility index (Phi) is 6.44. The Labute approximate surface area is 189 Å². The van der Waals surface area contributed by atoms with Crippen molar-refractivity contribution in [1.29, 1.82) is 0 Å². The van der Waals surface area contributed by atoms with E-state index < -0.39 is 6.55 Å². The Hall–Kier alpha value is -4.07. The Bertz CT molecular complexity index is 1300. The summed E-state index contributed by atoms with van der Waals surface area (Å²) in [6.07, 6.45) is 0.0978. The van der Waals surface area contributed by atoms with Crippen LogP contribution in [0.4, 0.5) is 14.5 Å². The van der Waals surface area contributed by atoms with Crippen molar-refractivity contribution in [3.05, 3.63) is 83.9 Å². The molecule has 4 rings (SSSR count). The van der Waals surface area contributed by atoms with Gasteiger partial charge in [-0.25, -0.2) is 4.98 Å². The third-order valence-corrected chi connectivity index (χ3v) is 5.25. The SMILES string of the molecule is Cc1ccccc1C(=O)NCCC(=O)Nc1ccc(-c2nc3ccccc3n2C(F)F)cc1. The van der Waals surface area contributed by atoms with Crippen molar-refractivity contribution in [2.24, 2.45) is 0 Å². The van der Waals surface area contributed by atoms with Gasteiger partial charge in [0.05, 0.1) is 11.0 Å². The average molecular weight is 448 g/mol. The van der Waals surface area contributed by atoms with Crippen LogP contribution in [0.25, 0.3) is 22.4 Å². The van der Waals surface area contributed by atoms with Crippen LogP contribution >= 0.6 is 0 Å². The molecule has 1 heterocycles. The van der Waals surface area contributed by atoms with Crippen LogP contribution in [0.2, 0.25) is 0 Å². The summed E-state index contributed by atoms with van der Waals surface area (Å²) in [5.74, 6) is -0.345. The van der Waals surface area contributed by atoms with E-state index >= 15 is 0 Å². The molecule has 2 N–H and O–H groups in total. The lowest BCUT2D eigenvalue weighted by molar-refractivity contribution is -0.116. The highest BCUT2D eigenvalue weighted by molar-refractivity contribution is 5.96. The van der Waals surface area contributed by atoms with Crippen molar-refractivity contribution in [1.82, 2.24) is 14.9 Å². The predicted molar refractivity (Wildman–Crippen MR) is 123 cm³/mol. The summed E-state index contributed by atoms with van der Waals surface area (Å²) in [7, 11) is 0. The quantitative estimate of drug-likeness (QED) is 0.410. The van der Waals surface area contributed by atoms with Gasteiger partial charge in [0.25, 0.3) is 5.91 Å². The molecule has 3 aromatic carbocycles. The Morgan fingerprint density at radius 1 is 0.970 bits per heavy atom. The van der Waals surface area contributed by atoms with E-state index in [9.17, 15) is 18.4 Å². The molecule has 6 nitrogen and oxygen atoms in total. The van der Waals surface area contributed by atoms with Crippen molar-refractivity contribution in [2.45, 2.75) is 19.9 Å². The van der Waals surface area contributed by atoms with Gasteiger partial charge in [-0.2, -0.15) is 8.78 Å². The lowest BCUT2D eigenvalue weighted by Crippen LogP contribution is -2.28. The fourth-order valence-electron chi connectivity index (χ4n) is 3.58. The smallest absolute Gasteiger partial charge is 0.320 e. The number of carbonyl (C=O) groups excluding carboxylic acids is 2. The molecule has 0 bridgehead atoms. The van der Waals surface area contributed by atoms with Gasteiger partial charge in [-0.15, -0.1) is 0 Å². The monoisotopic (exact) mass is 448 g/mol. The molecule has 0 unspecified atom stereocenters. The maximum Gasteiger partial charge on any atom is 0.320 e. The van der Waals surface area contributed by atoms with Gasteiger partial charge in [0, 0.05) is 29.8 Å². The van der Waals surface area contributed by atoms with Crippen molar-refractivity contribution in [3.63, 3.8) is 0 Å². The molecule has 0 aliphatic heterocycles. The minimum Gasteiger partial charge on any atom is -0.352 e.